The van der Waals surface area contributed by atoms with E-state index in [1.54, 1.807) is 36.4 Å². The summed E-state index contributed by atoms with van der Waals surface area (Å²) in [5, 5.41) is 12.8. The summed E-state index contributed by atoms with van der Waals surface area (Å²) in [6.45, 7) is -0.0414. The molecule has 0 atom stereocenters. The molecule has 1 aromatic heterocycles. The van der Waals surface area contributed by atoms with Gasteiger partial charge in [-0.1, -0.05) is 0 Å². The van der Waals surface area contributed by atoms with Crippen molar-refractivity contribution in [2.24, 2.45) is 0 Å². The van der Waals surface area contributed by atoms with E-state index in [9.17, 15) is 9.59 Å². The molecule has 2 aromatic carbocycles. The van der Waals surface area contributed by atoms with Crippen LogP contribution in [0, 0.1) is 0 Å². The summed E-state index contributed by atoms with van der Waals surface area (Å²) in [5.74, 6) is 0.0112. The van der Waals surface area contributed by atoms with E-state index in [2.05, 4.69) is 25.6 Å². The van der Waals surface area contributed by atoms with E-state index >= 15 is 0 Å². The minimum absolute atomic E-state index is 0.0414. The Labute approximate surface area is 129 Å². The molecule has 114 valence electrons. The quantitative estimate of drug-likeness (QED) is 0.747. The highest BCUT2D eigenvalue weighted by molar-refractivity contribution is 6.06. The highest BCUT2D eigenvalue weighted by Gasteiger charge is 2.17. The summed E-state index contributed by atoms with van der Waals surface area (Å²) >= 11 is 0. The molecule has 3 aromatic rings. The Morgan fingerprint density at radius 2 is 2.00 bits per heavy atom. The van der Waals surface area contributed by atoms with Gasteiger partial charge in [0.15, 0.2) is 6.61 Å². The lowest BCUT2D eigenvalue weighted by Crippen LogP contribution is -2.25. The molecule has 8 heteroatoms. The first kappa shape index (κ1) is 13.3. The second kappa shape index (κ2) is 5.09. The molecule has 0 bridgehead atoms. The Kier molecular flexibility index (Phi) is 2.94. The van der Waals surface area contributed by atoms with Crippen LogP contribution in [0.1, 0.15) is 10.4 Å². The molecule has 0 saturated heterocycles. The van der Waals surface area contributed by atoms with Crippen molar-refractivity contribution in [2.45, 2.75) is 0 Å². The summed E-state index contributed by atoms with van der Waals surface area (Å²) in [5.41, 5.74) is 2.66. The number of anilines is 2. The monoisotopic (exact) mass is 310 g/mol. The number of hydrogen-bond acceptors (Lipinski definition) is 6. The molecule has 0 radical (unpaired) electrons. The van der Waals surface area contributed by atoms with Gasteiger partial charge in [0.25, 0.3) is 11.8 Å². The van der Waals surface area contributed by atoms with Crippen LogP contribution in [0.4, 0.5) is 11.4 Å². The minimum atomic E-state index is -0.297. The maximum atomic E-state index is 12.3. The summed E-state index contributed by atoms with van der Waals surface area (Å²) in [4.78, 5) is 23.5. The average Bonchev–Trinajstić information content (AvgIpc) is 3.02. The normalized spacial score (nSPS) is 13.1. The zero-order chi connectivity index (χ0) is 15.8. The Balaban J connectivity index is 1.57. The first-order valence-corrected chi connectivity index (χ1v) is 6.79. The van der Waals surface area contributed by atoms with Gasteiger partial charge in [0.05, 0.1) is 5.69 Å². The van der Waals surface area contributed by atoms with E-state index in [1.165, 1.54) is 0 Å². The van der Waals surface area contributed by atoms with E-state index in [0.717, 1.165) is 0 Å². The van der Waals surface area contributed by atoms with E-state index in [0.29, 0.717) is 33.7 Å². The molecule has 2 heterocycles. The molecule has 0 fully saturated rings. The van der Waals surface area contributed by atoms with Gasteiger partial charge in [-0.15, -0.1) is 0 Å². The van der Waals surface area contributed by atoms with Gasteiger partial charge in [-0.2, -0.15) is 0 Å². The standard InChI is InChI=1S/C15H10N4O4/c20-14-7-22-13-6-9(2-4-11(13)17-14)16-15(21)8-1-3-10-12(5-8)19-23-18-10/h1-6H,7H2,(H,16,21)(H,17,20). The average molecular weight is 310 g/mol. The molecule has 2 amide bonds. The zero-order valence-corrected chi connectivity index (χ0v) is 11.7. The summed E-state index contributed by atoms with van der Waals surface area (Å²) < 4.78 is 9.92. The van der Waals surface area contributed by atoms with Crippen LogP contribution in [0.25, 0.3) is 11.0 Å². The third kappa shape index (κ3) is 2.46. The lowest BCUT2D eigenvalue weighted by molar-refractivity contribution is -0.118. The number of ether oxygens (including phenoxy) is 1. The van der Waals surface area contributed by atoms with Gasteiger partial charge in [0.2, 0.25) is 0 Å². The van der Waals surface area contributed by atoms with Gasteiger partial charge in [-0.3, -0.25) is 9.59 Å². The molecular formula is C15H10N4O4. The molecule has 0 unspecified atom stereocenters. The van der Waals surface area contributed by atoms with Crippen LogP contribution in [-0.4, -0.2) is 28.7 Å². The minimum Gasteiger partial charge on any atom is -0.482 e. The highest BCUT2D eigenvalue weighted by Crippen LogP contribution is 2.30. The van der Waals surface area contributed by atoms with Gasteiger partial charge in [-0.25, -0.2) is 4.63 Å². The molecule has 2 N–H and O–H groups in total. The van der Waals surface area contributed by atoms with Crippen molar-refractivity contribution >= 4 is 34.2 Å². The van der Waals surface area contributed by atoms with Crippen LogP contribution in [0.15, 0.2) is 41.0 Å². The molecule has 23 heavy (non-hydrogen) atoms. The number of nitrogens with one attached hydrogen (secondary N) is 2. The number of amides is 2. The van der Waals surface area contributed by atoms with Crippen LogP contribution in [0.2, 0.25) is 0 Å². The number of fused-ring (bicyclic) bond motifs is 2. The van der Waals surface area contributed by atoms with Crippen molar-refractivity contribution in [3.05, 3.63) is 42.0 Å². The van der Waals surface area contributed by atoms with Gasteiger partial charge in [0.1, 0.15) is 16.8 Å². The van der Waals surface area contributed by atoms with Crippen LogP contribution < -0.4 is 15.4 Å². The van der Waals surface area contributed by atoms with Crippen molar-refractivity contribution in [1.29, 1.82) is 0 Å². The largest absolute Gasteiger partial charge is 0.482 e. The third-order valence-electron chi connectivity index (χ3n) is 3.39. The molecule has 1 aliphatic rings. The first-order chi connectivity index (χ1) is 11.2. The topological polar surface area (TPSA) is 106 Å². The van der Waals surface area contributed by atoms with E-state index in [1.807, 2.05) is 0 Å². The second-order valence-electron chi connectivity index (χ2n) is 4.97. The van der Waals surface area contributed by atoms with E-state index in [4.69, 9.17) is 4.74 Å². The third-order valence-corrected chi connectivity index (χ3v) is 3.39. The van der Waals surface area contributed by atoms with Crippen LogP contribution >= 0.6 is 0 Å². The molecule has 0 aliphatic carbocycles. The Morgan fingerprint density at radius 1 is 1.13 bits per heavy atom. The number of benzene rings is 2. The maximum absolute atomic E-state index is 12.3. The van der Waals surface area contributed by atoms with E-state index < -0.39 is 0 Å². The zero-order valence-electron chi connectivity index (χ0n) is 11.7. The summed E-state index contributed by atoms with van der Waals surface area (Å²) in [7, 11) is 0. The number of aromatic nitrogens is 2. The van der Waals surface area contributed by atoms with E-state index in [-0.39, 0.29) is 18.4 Å². The lowest BCUT2D eigenvalue weighted by Gasteiger charge is -2.18. The predicted molar refractivity (Wildman–Crippen MR) is 80.3 cm³/mol. The second-order valence-corrected chi connectivity index (χ2v) is 4.97. The lowest BCUT2D eigenvalue weighted by atomic mass is 10.1. The highest BCUT2D eigenvalue weighted by atomic mass is 16.6. The van der Waals surface area contributed by atoms with Crippen molar-refractivity contribution in [3.8, 4) is 5.75 Å². The molecule has 0 saturated carbocycles. The Bertz CT molecular complexity index is 934. The Morgan fingerprint density at radius 3 is 2.91 bits per heavy atom. The molecule has 4 rings (SSSR count). The summed E-state index contributed by atoms with van der Waals surface area (Å²) in [6, 6.07) is 9.90. The van der Waals surface area contributed by atoms with Gasteiger partial charge >= 0.3 is 0 Å². The Hall–Kier alpha value is -3.42. The van der Waals surface area contributed by atoms with Crippen molar-refractivity contribution in [3.63, 3.8) is 0 Å². The fourth-order valence-corrected chi connectivity index (χ4v) is 2.28. The molecule has 0 spiro atoms. The van der Waals surface area contributed by atoms with Gasteiger partial charge in [-0.05, 0) is 40.6 Å². The van der Waals surface area contributed by atoms with Crippen LogP contribution in [0.3, 0.4) is 0 Å². The number of rotatable bonds is 2. The fraction of sp³-hybridized carbons (Fsp3) is 0.0667. The van der Waals surface area contributed by atoms with Crippen molar-refractivity contribution in [1.82, 2.24) is 10.3 Å². The first-order valence-electron chi connectivity index (χ1n) is 6.79. The smallest absolute Gasteiger partial charge is 0.262 e. The summed E-state index contributed by atoms with van der Waals surface area (Å²) in [6.07, 6.45) is 0. The molecular weight excluding hydrogens is 300 g/mol. The van der Waals surface area contributed by atoms with Gasteiger partial charge < -0.3 is 15.4 Å². The number of carbonyl (C=O) groups excluding carboxylic acids is 2. The molecule has 8 nitrogen and oxygen atoms in total. The van der Waals surface area contributed by atoms with Gasteiger partial charge in [0, 0.05) is 17.3 Å². The predicted octanol–water partition coefficient (Wildman–Crippen LogP) is 1.81. The number of hydrogen-bond donors (Lipinski definition) is 2. The van der Waals surface area contributed by atoms with Crippen LogP contribution in [0.5, 0.6) is 5.75 Å². The number of nitrogens with zero attached hydrogens (tertiary/aromatic N) is 2. The maximum Gasteiger partial charge on any atom is 0.262 e. The van der Waals surface area contributed by atoms with Crippen molar-refractivity contribution < 1.29 is 19.0 Å². The van der Waals surface area contributed by atoms with Crippen molar-refractivity contribution in [2.75, 3.05) is 17.2 Å². The van der Waals surface area contributed by atoms with Crippen LogP contribution in [-0.2, 0) is 4.79 Å². The fourth-order valence-electron chi connectivity index (χ4n) is 2.28. The molecule has 1 aliphatic heterocycles. The number of carbonyl (C=O) groups is 2. The SMILES string of the molecule is O=C1COc2cc(NC(=O)c3ccc4nonc4c3)ccc2N1.